The van der Waals surface area contributed by atoms with Gasteiger partial charge in [0.25, 0.3) is 5.91 Å². The smallest absolute Gasteiger partial charge is 0.256 e. The molecule has 4 heteroatoms. The van der Waals surface area contributed by atoms with Crippen molar-refractivity contribution in [1.82, 2.24) is 10.6 Å². The molecule has 108 valence electrons. The minimum absolute atomic E-state index is 0.0475. The highest BCUT2D eigenvalue weighted by Gasteiger charge is 2.43. The Morgan fingerprint density at radius 3 is 2.65 bits per heavy atom. The fourth-order valence-corrected chi connectivity index (χ4v) is 2.37. The summed E-state index contributed by atoms with van der Waals surface area (Å²) in [6.45, 7) is 10.9. The number of nitrogens with one attached hydrogen (secondary N) is 2. The van der Waals surface area contributed by atoms with Crippen molar-refractivity contribution in [3.63, 3.8) is 0 Å². The van der Waals surface area contributed by atoms with Crippen molar-refractivity contribution in [2.24, 2.45) is 10.9 Å². The molecule has 0 aliphatic carbocycles. The Kier molecular flexibility index (Phi) is 3.84. The summed E-state index contributed by atoms with van der Waals surface area (Å²) in [5, 5.41) is 6.09. The zero-order valence-corrected chi connectivity index (χ0v) is 12.9. The molecule has 1 amide bonds. The molecule has 0 aromatic heterocycles. The summed E-state index contributed by atoms with van der Waals surface area (Å²) in [5.41, 5.74) is 2.51. The Morgan fingerprint density at radius 2 is 2.00 bits per heavy atom. The average molecular weight is 273 g/mol. The monoisotopic (exact) mass is 273 g/mol. The number of amides is 1. The molecule has 0 spiro atoms. The fourth-order valence-electron chi connectivity index (χ4n) is 2.37. The summed E-state index contributed by atoms with van der Waals surface area (Å²) in [4.78, 5) is 16.8. The molecule has 2 N–H and O–H groups in total. The highest BCUT2D eigenvalue weighted by Crippen LogP contribution is 2.28. The molecule has 1 aliphatic heterocycles. The molecule has 1 aromatic rings. The lowest BCUT2D eigenvalue weighted by atomic mass is 9.87. The molecule has 1 aliphatic rings. The van der Waals surface area contributed by atoms with Crippen molar-refractivity contribution in [3.8, 4) is 0 Å². The van der Waals surface area contributed by atoms with Gasteiger partial charge in [-0.3, -0.25) is 15.1 Å². The van der Waals surface area contributed by atoms with Crippen molar-refractivity contribution >= 4 is 11.9 Å². The first-order valence-electron chi connectivity index (χ1n) is 7.04. The van der Waals surface area contributed by atoms with E-state index in [1.807, 2.05) is 26.8 Å². The molecule has 1 saturated heterocycles. The van der Waals surface area contributed by atoms with Crippen LogP contribution >= 0.6 is 0 Å². The largest absolute Gasteiger partial charge is 0.338 e. The molecule has 2 rings (SSSR count). The maximum Gasteiger partial charge on any atom is 0.256 e. The summed E-state index contributed by atoms with van der Waals surface area (Å²) in [6, 6.07) is 6.17. The fraction of sp³-hybridized carbons (Fsp3) is 0.500. The first kappa shape index (κ1) is 14.6. The van der Waals surface area contributed by atoms with Crippen molar-refractivity contribution < 1.29 is 4.79 Å². The summed E-state index contributed by atoms with van der Waals surface area (Å²) in [7, 11) is 0. The third kappa shape index (κ3) is 2.69. The maximum absolute atomic E-state index is 12.4. The normalized spacial score (nSPS) is 24.1. The summed E-state index contributed by atoms with van der Waals surface area (Å²) >= 11 is 0. The van der Waals surface area contributed by atoms with E-state index in [4.69, 9.17) is 0 Å². The van der Waals surface area contributed by atoms with Gasteiger partial charge < -0.3 is 5.32 Å². The van der Waals surface area contributed by atoms with Crippen LogP contribution in [0.1, 0.15) is 37.5 Å². The summed E-state index contributed by atoms with van der Waals surface area (Å²) in [5.74, 6) is 0.995. The maximum atomic E-state index is 12.4. The van der Waals surface area contributed by atoms with Gasteiger partial charge in [0.2, 0.25) is 0 Å². The van der Waals surface area contributed by atoms with E-state index in [9.17, 15) is 4.79 Å². The molecule has 1 heterocycles. The Balaban J connectivity index is 2.33. The molecule has 4 nitrogen and oxygen atoms in total. The lowest BCUT2D eigenvalue weighted by Gasteiger charge is -2.24. The third-order valence-electron chi connectivity index (χ3n) is 3.60. The molecular weight excluding hydrogens is 250 g/mol. The van der Waals surface area contributed by atoms with Crippen LogP contribution in [0.5, 0.6) is 0 Å². The number of carbonyl (C=O) groups excluding carboxylic acids is 1. The molecule has 0 radical (unpaired) electrons. The second kappa shape index (κ2) is 5.27. The van der Waals surface area contributed by atoms with E-state index < -0.39 is 5.54 Å². The topological polar surface area (TPSA) is 53.5 Å². The van der Waals surface area contributed by atoms with Crippen LogP contribution in [0.2, 0.25) is 0 Å². The van der Waals surface area contributed by atoms with E-state index >= 15 is 0 Å². The molecular formula is C16H23N3O. The number of nitrogens with zero attached hydrogens (tertiary/aromatic N) is 1. The Morgan fingerprint density at radius 1 is 1.30 bits per heavy atom. The van der Waals surface area contributed by atoms with Gasteiger partial charge in [0.15, 0.2) is 5.96 Å². The Labute approximate surface area is 120 Å². The number of guanidine groups is 1. The van der Waals surface area contributed by atoms with Crippen molar-refractivity contribution in [3.05, 3.63) is 34.9 Å². The van der Waals surface area contributed by atoms with E-state index in [1.165, 1.54) is 0 Å². The predicted molar refractivity (Wildman–Crippen MR) is 81.7 cm³/mol. The minimum Gasteiger partial charge on any atom is -0.338 e. The van der Waals surface area contributed by atoms with Crippen LogP contribution in [0, 0.1) is 19.8 Å². The summed E-state index contributed by atoms with van der Waals surface area (Å²) < 4.78 is 0. The number of carbonyl (C=O) groups is 1. The van der Waals surface area contributed by atoms with Gasteiger partial charge in [0.05, 0.1) is 0 Å². The van der Waals surface area contributed by atoms with Crippen LogP contribution in [0.4, 0.5) is 0 Å². The molecule has 20 heavy (non-hydrogen) atoms. The van der Waals surface area contributed by atoms with Crippen LogP contribution in [0.15, 0.2) is 23.2 Å². The van der Waals surface area contributed by atoms with Crippen LogP contribution < -0.4 is 10.6 Å². The van der Waals surface area contributed by atoms with Gasteiger partial charge in [-0.25, -0.2) is 0 Å². The second-order valence-corrected chi connectivity index (χ2v) is 6.11. The summed E-state index contributed by atoms with van der Waals surface area (Å²) in [6.07, 6.45) is 0. The zero-order chi connectivity index (χ0) is 14.9. The van der Waals surface area contributed by atoms with Crippen LogP contribution in [0.25, 0.3) is 0 Å². The second-order valence-electron chi connectivity index (χ2n) is 6.11. The lowest BCUT2D eigenvalue weighted by Crippen LogP contribution is -2.41. The van der Waals surface area contributed by atoms with Crippen LogP contribution in [-0.2, 0) is 10.3 Å². The standard InChI is InChI=1S/C16H23N3O/c1-10(2)9-17-15-18-14(20)16(5,19-15)13-8-11(3)6-7-12(13)4/h6-8,10H,9H2,1-5H3,(H2,17,18,19,20). The van der Waals surface area contributed by atoms with E-state index in [0.717, 1.165) is 16.7 Å². The minimum atomic E-state index is -0.744. The number of aliphatic imine (C=N–C) groups is 1. The van der Waals surface area contributed by atoms with Gasteiger partial charge in [-0.2, -0.15) is 0 Å². The molecule has 1 aromatic carbocycles. The quantitative estimate of drug-likeness (QED) is 0.887. The predicted octanol–water partition coefficient (Wildman–Crippen LogP) is 2.25. The van der Waals surface area contributed by atoms with Gasteiger partial charge >= 0.3 is 0 Å². The first-order valence-corrected chi connectivity index (χ1v) is 7.04. The van der Waals surface area contributed by atoms with Gasteiger partial charge in [-0.05, 0) is 37.8 Å². The van der Waals surface area contributed by atoms with Crippen LogP contribution in [-0.4, -0.2) is 18.4 Å². The molecule has 1 atom stereocenters. The van der Waals surface area contributed by atoms with Crippen molar-refractivity contribution in [1.29, 1.82) is 0 Å². The number of hydrogen-bond donors (Lipinski definition) is 2. The van der Waals surface area contributed by atoms with Gasteiger partial charge in [-0.1, -0.05) is 37.6 Å². The van der Waals surface area contributed by atoms with Crippen molar-refractivity contribution in [2.45, 2.75) is 40.2 Å². The molecule has 0 bridgehead atoms. The lowest BCUT2D eigenvalue weighted by molar-refractivity contribution is -0.123. The van der Waals surface area contributed by atoms with E-state index in [0.29, 0.717) is 18.4 Å². The van der Waals surface area contributed by atoms with E-state index in [-0.39, 0.29) is 5.91 Å². The first-order chi connectivity index (χ1) is 9.33. The van der Waals surface area contributed by atoms with Crippen molar-refractivity contribution in [2.75, 3.05) is 6.54 Å². The van der Waals surface area contributed by atoms with E-state index in [1.54, 1.807) is 0 Å². The Bertz CT molecular complexity index is 563. The van der Waals surface area contributed by atoms with Gasteiger partial charge in [-0.15, -0.1) is 0 Å². The third-order valence-corrected chi connectivity index (χ3v) is 3.60. The molecule has 0 saturated carbocycles. The number of rotatable bonds is 3. The molecule has 1 unspecified atom stereocenters. The highest BCUT2D eigenvalue weighted by atomic mass is 16.2. The highest BCUT2D eigenvalue weighted by molar-refractivity contribution is 6.09. The number of benzene rings is 1. The van der Waals surface area contributed by atoms with E-state index in [2.05, 4.69) is 41.6 Å². The van der Waals surface area contributed by atoms with Gasteiger partial charge in [0, 0.05) is 6.54 Å². The molecule has 1 fully saturated rings. The zero-order valence-electron chi connectivity index (χ0n) is 12.9. The Hall–Kier alpha value is -1.84. The van der Waals surface area contributed by atoms with Crippen LogP contribution in [0.3, 0.4) is 0 Å². The average Bonchev–Trinajstić information content (AvgIpc) is 2.66. The number of hydrogen-bond acceptors (Lipinski definition) is 2. The SMILES string of the molecule is Cc1ccc(C)c(C2(C)NC(=NCC(C)C)NC2=O)c1. The van der Waals surface area contributed by atoms with Gasteiger partial charge in [0.1, 0.15) is 5.54 Å². The number of aryl methyl sites for hydroxylation is 2.